The third kappa shape index (κ3) is 5.33. The molecule has 136 valence electrons. The molecule has 7 heteroatoms. The van der Waals surface area contributed by atoms with Crippen molar-refractivity contribution in [1.29, 1.82) is 0 Å². The van der Waals surface area contributed by atoms with E-state index in [1.807, 2.05) is 22.7 Å². The van der Waals surface area contributed by atoms with Gasteiger partial charge in [-0.2, -0.15) is 0 Å². The first-order chi connectivity index (χ1) is 12.2. The van der Waals surface area contributed by atoms with Gasteiger partial charge in [-0.25, -0.2) is 0 Å². The summed E-state index contributed by atoms with van der Waals surface area (Å²) in [7, 11) is 0. The average molecular weight is 380 g/mol. The number of hydrogen-bond donors (Lipinski definition) is 1. The molecule has 1 amide bonds. The first-order valence-electron chi connectivity index (χ1n) is 8.85. The summed E-state index contributed by atoms with van der Waals surface area (Å²) < 4.78 is 5.50. The Balaban J connectivity index is 1.33. The first-order valence-corrected chi connectivity index (χ1v) is 10.2. The van der Waals surface area contributed by atoms with Crippen LogP contribution in [0.15, 0.2) is 35.2 Å². The van der Waals surface area contributed by atoms with E-state index in [0.29, 0.717) is 6.61 Å². The molecular formula is C18H25N3O2S2. The molecule has 1 N–H and O–H groups in total. The van der Waals surface area contributed by atoms with Crippen LogP contribution in [-0.2, 0) is 9.53 Å². The third-order valence-electron chi connectivity index (χ3n) is 4.47. The van der Waals surface area contributed by atoms with Crippen molar-refractivity contribution in [2.75, 3.05) is 45.1 Å². The van der Waals surface area contributed by atoms with Gasteiger partial charge in [0.15, 0.2) is 5.11 Å². The number of nitrogens with one attached hydrogen (secondary N) is 1. The zero-order chi connectivity index (χ0) is 17.5. The van der Waals surface area contributed by atoms with Crippen LogP contribution in [0.3, 0.4) is 0 Å². The molecule has 2 aliphatic heterocycles. The summed E-state index contributed by atoms with van der Waals surface area (Å²) >= 11 is 7.31. The second-order valence-electron chi connectivity index (χ2n) is 6.21. The molecule has 0 aromatic heterocycles. The van der Waals surface area contributed by atoms with Crippen LogP contribution in [0.2, 0.25) is 0 Å². The van der Waals surface area contributed by atoms with Crippen molar-refractivity contribution in [1.82, 2.24) is 15.1 Å². The maximum Gasteiger partial charge on any atom is 0.251 e. The van der Waals surface area contributed by atoms with Gasteiger partial charge in [-0.05, 0) is 37.2 Å². The molecule has 25 heavy (non-hydrogen) atoms. The topological polar surface area (TPSA) is 44.8 Å². The summed E-state index contributed by atoms with van der Waals surface area (Å²) in [5.74, 6) is 1.12. The molecular weight excluding hydrogens is 354 g/mol. The smallest absolute Gasteiger partial charge is 0.251 e. The van der Waals surface area contributed by atoms with E-state index in [9.17, 15) is 4.79 Å². The summed E-state index contributed by atoms with van der Waals surface area (Å²) in [5.41, 5.74) is 0. The minimum atomic E-state index is -0.216. The summed E-state index contributed by atoms with van der Waals surface area (Å²) in [6, 6.07) is 10.4. The Labute approximate surface area is 159 Å². The van der Waals surface area contributed by atoms with Crippen molar-refractivity contribution in [2.24, 2.45) is 0 Å². The number of benzene rings is 1. The Morgan fingerprint density at radius 3 is 2.60 bits per heavy atom. The van der Waals surface area contributed by atoms with Crippen molar-refractivity contribution >= 4 is 35.0 Å². The van der Waals surface area contributed by atoms with Crippen LogP contribution >= 0.6 is 24.0 Å². The Morgan fingerprint density at radius 2 is 1.92 bits per heavy atom. The molecule has 2 aliphatic rings. The van der Waals surface area contributed by atoms with Gasteiger partial charge in [0, 0.05) is 50.0 Å². The molecule has 0 bridgehead atoms. The zero-order valence-corrected chi connectivity index (χ0v) is 16.0. The average Bonchev–Trinajstić information content (AvgIpc) is 3.20. The highest BCUT2D eigenvalue weighted by molar-refractivity contribution is 7.99. The van der Waals surface area contributed by atoms with Crippen LogP contribution in [0, 0.1) is 0 Å². The SMILES string of the molecule is O=C(C1CCCO1)N1CCN(C(=S)NCCSc2ccccc2)CC1. The normalized spacial score (nSPS) is 20.6. The summed E-state index contributed by atoms with van der Waals surface area (Å²) in [4.78, 5) is 17.7. The van der Waals surface area contributed by atoms with Crippen molar-refractivity contribution in [2.45, 2.75) is 23.8 Å². The molecule has 1 unspecified atom stereocenters. The van der Waals surface area contributed by atoms with Crippen LogP contribution in [0.4, 0.5) is 0 Å². The van der Waals surface area contributed by atoms with Crippen LogP contribution in [-0.4, -0.2) is 72.0 Å². The van der Waals surface area contributed by atoms with Crippen LogP contribution in [0.5, 0.6) is 0 Å². The van der Waals surface area contributed by atoms with Gasteiger partial charge in [0.25, 0.3) is 5.91 Å². The van der Waals surface area contributed by atoms with E-state index in [-0.39, 0.29) is 12.0 Å². The fraction of sp³-hybridized carbons (Fsp3) is 0.556. The lowest BCUT2D eigenvalue weighted by atomic mass is 10.2. The largest absolute Gasteiger partial charge is 0.368 e. The number of ether oxygens (including phenoxy) is 1. The van der Waals surface area contributed by atoms with E-state index in [1.165, 1.54) is 4.90 Å². The van der Waals surface area contributed by atoms with Crippen molar-refractivity contribution in [3.05, 3.63) is 30.3 Å². The van der Waals surface area contributed by atoms with E-state index in [4.69, 9.17) is 17.0 Å². The Bertz CT molecular complexity index is 571. The van der Waals surface area contributed by atoms with E-state index >= 15 is 0 Å². The van der Waals surface area contributed by atoms with Crippen LogP contribution in [0.25, 0.3) is 0 Å². The number of hydrogen-bond acceptors (Lipinski definition) is 4. The lowest BCUT2D eigenvalue weighted by Crippen LogP contribution is -2.54. The fourth-order valence-electron chi connectivity index (χ4n) is 3.06. The number of nitrogens with zero attached hydrogens (tertiary/aromatic N) is 2. The summed E-state index contributed by atoms with van der Waals surface area (Å²) in [5, 5.41) is 4.12. The summed E-state index contributed by atoms with van der Waals surface area (Å²) in [6.45, 7) is 4.57. The maximum absolute atomic E-state index is 12.4. The lowest BCUT2D eigenvalue weighted by Gasteiger charge is -2.37. The van der Waals surface area contributed by atoms with Gasteiger partial charge in [-0.3, -0.25) is 4.79 Å². The molecule has 1 atom stereocenters. The summed E-state index contributed by atoms with van der Waals surface area (Å²) in [6.07, 6.45) is 1.63. The molecule has 5 nitrogen and oxygen atoms in total. The Hall–Kier alpha value is -1.31. The van der Waals surface area contributed by atoms with Gasteiger partial charge in [-0.15, -0.1) is 11.8 Å². The Morgan fingerprint density at radius 1 is 1.20 bits per heavy atom. The molecule has 0 saturated carbocycles. The monoisotopic (exact) mass is 379 g/mol. The third-order valence-corrected chi connectivity index (χ3v) is 5.89. The minimum absolute atomic E-state index is 0.148. The Kier molecular flexibility index (Phi) is 6.95. The van der Waals surface area contributed by atoms with E-state index in [1.54, 1.807) is 0 Å². The van der Waals surface area contributed by atoms with Crippen molar-refractivity contribution in [3.63, 3.8) is 0 Å². The van der Waals surface area contributed by atoms with Gasteiger partial charge in [-0.1, -0.05) is 18.2 Å². The highest BCUT2D eigenvalue weighted by Gasteiger charge is 2.30. The predicted molar refractivity (Wildman–Crippen MR) is 105 cm³/mol. The highest BCUT2D eigenvalue weighted by Crippen LogP contribution is 2.17. The number of piperazine rings is 1. The number of thiocarbonyl (C=S) groups is 1. The number of carbonyl (C=O) groups excluding carboxylic acids is 1. The second kappa shape index (κ2) is 9.40. The van der Waals surface area contributed by atoms with E-state index in [0.717, 1.165) is 56.4 Å². The predicted octanol–water partition coefficient (Wildman–Crippen LogP) is 1.98. The molecule has 2 heterocycles. The first kappa shape index (κ1) is 18.5. The fourth-order valence-corrected chi connectivity index (χ4v) is 4.14. The zero-order valence-electron chi connectivity index (χ0n) is 14.4. The van der Waals surface area contributed by atoms with Crippen molar-refractivity contribution < 1.29 is 9.53 Å². The van der Waals surface area contributed by atoms with E-state index in [2.05, 4.69) is 34.5 Å². The molecule has 2 saturated heterocycles. The second-order valence-corrected chi connectivity index (χ2v) is 7.76. The molecule has 1 aromatic rings. The number of amides is 1. The molecule has 0 aliphatic carbocycles. The van der Waals surface area contributed by atoms with Gasteiger partial charge in [0.05, 0.1) is 0 Å². The van der Waals surface area contributed by atoms with Crippen LogP contribution in [0.1, 0.15) is 12.8 Å². The van der Waals surface area contributed by atoms with Gasteiger partial charge in [0.1, 0.15) is 6.10 Å². The van der Waals surface area contributed by atoms with E-state index < -0.39 is 0 Å². The van der Waals surface area contributed by atoms with Crippen molar-refractivity contribution in [3.8, 4) is 0 Å². The lowest BCUT2D eigenvalue weighted by molar-refractivity contribution is -0.142. The van der Waals surface area contributed by atoms with Gasteiger partial charge in [0.2, 0.25) is 0 Å². The minimum Gasteiger partial charge on any atom is -0.368 e. The molecule has 3 rings (SSSR count). The highest BCUT2D eigenvalue weighted by atomic mass is 32.2. The maximum atomic E-state index is 12.4. The molecule has 2 fully saturated rings. The van der Waals surface area contributed by atoms with Gasteiger partial charge < -0.3 is 19.9 Å². The quantitative estimate of drug-likeness (QED) is 0.479. The molecule has 0 radical (unpaired) electrons. The standard InChI is InChI=1S/C18H25N3O2S2/c22-17(16-7-4-13-23-16)20-9-11-21(12-10-20)18(24)19-8-14-25-15-5-2-1-3-6-15/h1-3,5-6,16H,4,7-14H2,(H,19,24). The molecule has 1 aromatic carbocycles. The number of thioether (sulfide) groups is 1. The number of rotatable bonds is 5. The van der Waals surface area contributed by atoms with Crippen LogP contribution < -0.4 is 5.32 Å². The van der Waals surface area contributed by atoms with Gasteiger partial charge >= 0.3 is 0 Å². The number of carbonyl (C=O) groups is 1. The molecule has 0 spiro atoms.